The third kappa shape index (κ3) is 1.61. The van der Waals surface area contributed by atoms with Gasteiger partial charge in [0.2, 0.25) is 0 Å². The van der Waals surface area contributed by atoms with E-state index in [0.29, 0.717) is 17.0 Å². The molecule has 0 spiro atoms. The van der Waals surface area contributed by atoms with Gasteiger partial charge in [-0.1, -0.05) is 12.1 Å². The number of rotatable bonds is 1. The van der Waals surface area contributed by atoms with Crippen molar-refractivity contribution in [3.8, 4) is 11.4 Å². The van der Waals surface area contributed by atoms with E-state index in [0.717, 1.165) is 0 Å². The predicted molar refractivity (Wildman–Crippen MR) is 61.2 cm³/mol. The van der Waals surface area contributed by atoms with E-state index in [1.54, 1.807) is 22.7 Å². The monoisotopic (exact) mass is 229 g/mol. The number of pyridine rings is 1. The van der Waals surface area contributed by atoms with E-state index in [-0.39, 0.29) is 11.2 Å². The summed E-state index contributed by atoms with van der Waals surface area (Å²) in [7, 11) is 0. The van der Waals surface area contributed by atoms with Crippen LogP contribution in [-0.2, 0) is 0 Å². The number of halogens is 1. The maximum absolute atomic E-state index is 13.1. The van der Waals surface area contributed by atoms with Crippen LogP contribution in [0.3, 0.4) is 0 Å². The van der Waals surface area contributed by atoms with Gasteiger partial charge >= 0.3 is 0 Å². The van der Waals surface area contributed by atoms with Gasteiger partial charge in [0.15, 0.2) is 11.3 Å². The average molecular weight is 229 g/mol. The van der Waals surface area contributed by atoms with Crippen LogP contribution in [-0.4, -0.2) is 14.6 Å². The number of hydrogen-bond donors (Lipinski definition) is 1. The summed E-state index contributed by atoms with van der Waals surface area (Å²) in [6.45, 7) is 0. The Hall–Kier alpha value is -2.43. The first-order valence-corrected chi connectivity index (χ1v) is 5.07. The smallest absolute Gasteiger partial charge is 0.183 e. The summed E-state index contributed by atoms with van der Waals surface area (Å²) in [5.41, 5.74) is 1.14. The number of aromatic nitrogens is 3. The van der Waals surface area contributed by atoms with Crippen molar-refractivity contribution in [3.05, 3.63) is 58.6 Å². The Labute approximate surface area is 95.3 Å². The molecule has 1 N–H and O–H groups in total. The molecule has 84 valence electrons. The number of nitrogens with zero attached hydrogens (tertiary/aromatic N) is 2. The number of fused-ring (bicyclic) bond motifs is 1. The van der Waals surface area contributed by atoms with E-state index in [1.165, 1.54) is 24.3 Å². The van der Waals surface area contributed by atoms with E-state index < -0.39 is 0 Å². The average Bonchev–Trinajstić information content (AvgIpc) is 2.71. The second-order valence-corrected chi connectivity index (χ2v) is 3.68. The molecule has 0 atom stereocenters. The van der Waals surface area contributed by atoms with E-state index >= 15 is 0 Å². The van der Waals surface area contributed by atoms with Crippen molar-refractivity contribution in [1.82, 2.24) is 14.6 Å². The first kappa shape index (κ1) is 9.77. The highest BCUT2D eigenvalue weighted by Crippen LogP contribution is 2.18. The number of H-pyrrole nitrogens is 1. The highest BCUT2D eigenvalue weighted by Gasteiger charge is 2.07. The van der Waals surface area contributed by atoms with Crippen LogP contribution in [0.15, 0.2) is 47.4 Å². The molecule has 0 saturated heterocycles. The van der Waals surface area contributed by atoms with Crippen molar-refractivity contribution in [2.75, 3.05) is 0 Å². The predicted octanol–water partition coefficient (Wildman–Crippen LogP) is 1.83. The minimum Gasteiger partial charge on any atom is -0.290 e. The van der Waals surface area contributed by atoms with Crippen molar-refractivity contribution < 1.29 is 4.39 Å². The summed E-state index contributed by atoms with van der Waals surface area (Å²) >= 11 is 0. The molecule has 1 aromatic carbocycles. The fraction of sp³-hybridized carbons (Fsp3) is 0. The molecule has 0 amide bonds. The molecule has 0 radical (unpaired) electrons. The minimum atomic E-state index is -0.320. The van der Waals surface area contributed by atoms with Crippen molar-refractivity contribution in [2.24, 2.45) is 0 Å². The normalized spacial score (nSPS) is 10.9. The van der Waals surface area contributed by atoms with Crippen LogP contribution in [0.2, 0.25) is 0 Å². The van der Waals surface area contributed by atoms with Gasteiger partial charge in [-0.05, 0) is 12.1 Å². The van der Waals surface area contributed by atoms with Gasteiger partial charge < -0.3 is 0 Å². The second-order valence-electron chi connectivity index (χ2n) is 3.68. The van der Waals surface area contributed by atoms with Crippen LogP contribution in [0.25, 0.3) is 17.0 Å². The minimum absolute atomic E-state index is 0.0977. The highest BCUT2D eigenvalue weighted by atomic mass is 19.1. The molecule has 2 aromatic heterocycles. The van der Waals surface area contributed by atoms with Crippen molar-refractivity contribution in [2.45, 2.75) is 0 Å². The zero-order chi connectivity index (χ0) is 11.8. The Morgan fingerprint density at radius 3 is 2.94 bits per heavy atom. The molecular weight excluding hydrogens is 221 g/mol. The lowest BCUT2D eigenvalue weighted by molar-refractivity contribution is 0.628. The Bertz CT molecular complexity index is 745. The molecule has 0 fully saturated rings. The molecule has 3 aromatic rings. The Balaban J connectivity index is 2.28. The second kappa shape index (κ2) is 3.55. The summed E-state index contributed by atoms with van der Waals surface area (Å²) in [5, 5.41) is 6.82. The molecule has 3 rings (SSSR count). The van der Waals surface area contributed by atoms with Crippen LogP contribution in [0, 0.1) is 5.82 Å². The zero-order valence-corrected chi connectivity index (χ0v) is 8.72. The Morgan fingerprint density at radius 2 is 2.12 bits per heavy atom. The molecule has 4 nitrogen and oxygen atoms in total. The van der Waals surface area contributed by atoms with Crippen LogP contribution in [0.4, 0.5) is 4.39 Å². The zero-order valence-electron chi connectivity index (χ0n) is 8.72. The molecule has 0 aliphatic rings. The summed E-state index contributed by atoms with van der Waals surface area (Å²) in [6, 6.07) is 9.03. The topological polar surface area (TPSA) is 50.2 Å². The summed E-state index contributed by atoms with van der Waals surface area (Å²) in [4.78, 5) is 11.2. The quantitative estimate of drug-likeness (QED) is 0.692. The molecule has 0 aliphatic carbocycles. The molecular formula is C12H8FN3O. The third-order valence-corrected chi connectivity index (χ3v) is 2.51. The summed E-state index contributed by atoms with van der Waals surface area (Å²) < 4.78 is 14.8. The standard InChI is InChI=1S/C12H8FN3O/c13-9-3-1-2-8(6-9)12-15-14-11-7-10(17)4-5-16(11)12/h1-7,14H. The summed E-state index contributed by atoms with van der Waals surface area (Å²) in [6.07, 6.45) is 1.61. The number of benzene rings is 1. The molecule has 17 heavy (non-hydrogen) atoms. The third-order valence-electron chi connectivity index (χ3n) is 2.51. The fourth-order valence-electron chi connectivity index (χ4n) is 1.75. The molecule has 0 unspecified atom stereocenters. The number of hydrogen-bond acceptors (Lipinski definition) is 2. The van der Waals surface area contributed by atoms with E-state index in [1.807, 2.05) is 0 Å². The largest absolute Gasteiger partial charge is 0.290 e. The van der Waals surface area contributed by atoms with Crippen LogP contribution >= 0.6 is 0 Å². The molecule has 5 heteroatoms. The molecule has 0 saturated carbocycles. The highest BCUT2D eigenvalue weighted by molar-refractivity contribution is 5.59. The van der Waals surface area contributed by atoms with Crippen LogP contribution in [0.1, 0.15) is 0 Å². The van der Waals surface area contributed by atoms with Crippen LogP contribution < -0.4 is 5.43 Å². The van der Waals surface area contributed by atoms with Gasteiger partial charge in [-0.15, -0.1) is 0 Å². The lowest BCUT2D eigenvalue weighted by Gasteiger charge is -1.99. The van der Waals surface area contributed by atoms with Gasteiger partial charge in [0, 0.05) is 23.9 Å². The van der Waals surface area contributed by atoms with Crippen molar-refractivity contribution in [1.29, 1.82) is 0 Å². The number of nitrogens with one attached hydrogen (secondary N) is 1. The SMILES string of the molecule is O=c1ccn2c(-c3cccc(F)c3)n[nH]c2c1. The lowest BCUT2D eigenvalue weighted by Crippen LogP contribution is -1.99. The van der Waals surface area contributed by atoms with E-state index in [4.69, 9.17) is 0 Å². The maximum Gasteiger partial charge on any atom is 0.183 e. The van der Waals surface area contributed by atoms with Gasteiger partial charge in [0.05, 0.1) is 0 Å². The van der Waals surface area contributed by atoms with E-state index in [9.17, 15) is 9.18 Å². The first-order valence-electron chi connectivity index (χ1n) is 5.07. The Kier molecular flexibility index (Phi) is 2.04. The Morgan fingerprint density at radius 1 is 1.24 bits per heavy atom. The van der Waals surface area contributed by atoms with Crippen molar-refractivity contribution >= 4 is 5.65 Å². The maximum atomic E-state index is 13.1. The van der Waals surface area contributed by atoms with Gasteiger partial charge in [-0.2, -0.15) is 5.10 Å². The van der Waals surface area contributed by atoms with Gasteiger partial charge in [-0.3, -0.25) is 14.3 Å². The molecule has 0 bridgehead atoms. The van der Waals surface area contributed by atoms with Crippen molar-refractivity contribution in [3.63, 3.8) is 0 Å². The first-order chi connectivity index (χ1) is 8.24. The lowest BCUT2D eigenvalue weighted by atomic mass is 10.2. The fourth-order valence-corrected chi connectivity index (χ4v) is 1.75. The summed E-state index contributed by atoms with van der Waals surface area (Å²) in [5.74, 6) is 0.249. The molecule has 0 aliphatic heterocycles. The van der Waals surface area contributed by atoms with Gasteiger partial charge in [-0.25, -0.2) is 4.39 Å². The number of aromatic amines is 1. The molecule has 2 heterocycles. The van der Waals surface area contributed by atoms with Crippen LogP contribution in [0.5, 0.6) is 0 Å². The van der Waals surface area contributed by atoms with E-state index in [2.05, 4.69) is 10.2 Å². The van der Waals surface area contributed by atoms with Gasteiger partial charge in [0.25, 0.3) is 0 Å². The van der Waals surface area contributed by atoms with Gasteiger partial charge in [0.1, 0.15) is 11.5 Å².